The zero-order chi connectivity index (χ0) is 22.2. The third-order valence-corrected chi connectivity index (χ3v) is 5.10. The normalized spacial score (nSPS) is 13.5. The van der Waals surface area contributed by atoms with Gasteiger partial charge in [-0.05, 0) is 49.4 Å². The molecule has 166 valence electrons. The number of carbonyl (C=O) groups excluding carboxylic acids is 2. The van der Waals surface area contributed by atoms with E-state index in [1.54, 1.807) is 30.2 Å². The molecule has 1 heterocycles. The third kappa shape index (κ3) is 5.59. The fourth-order valence-corrected chi connectivity index (χ4v) is 3.38. The Morgan fingerprint density at radius 2 is 1.61 bits per heavy atom. The maximum absolute atomic E-state index is 12.5. The van der Waals surface area contributed by atoms with Gasteiger partial charge in [-0.25, -0.2) is 4.79 Å². The minimum atomic E-state index is -0.575. The lowest BCUT2D eigenvalue weighted by atomic mass is 10.2. The minimum absolute atomic E-state index is 0.207. The molecule has 0 N–H and O–H groups in total. The maximum Gasteiger partial charge on any atom is 0.338 e. The Labute approximate surface area is 182 Å². The van der Waals surface area contributed by atoms with Crippen LogP contribution >= 0.6 is 0 Å². The van der Waals surface area contributed by atoms with Crippen molar-refractivity contribution in [3.05, 3.63) is 48.0 Å². The van der Waals surface area contributed by atoms with E-state index in [9.17, 15) is 9.59 Å². The van der Waals surface area contributed by atoms with Crippen LogP contribution in [0.2, 0.25) is 0 Å². The van der Waals surface area contributed by atoms with Gasteiger partial charge in [-0.15, -0.1) is 0 Å². The molecule has 0 unspecified atom stereocenters. The zero-order valence-corrected chi connectivity index (χ0v) is 18.1. The van der Waals surface area contributed by atoms with Crippen LogP contribution in [0.3, 0.4) is 0 Å². The fourth-order valence-electron chi connectivity index (χ4n) is 3.38. The average molecular weight is 428 g/mol. The second kappa shape index (κ2) is 10.6. The Bertz CT molecular complexity index is 891. The van der Waals surface area contributed by atoms with Gasteiger partial charge in [-0.1, -0.05) is 0 Å². The van der Waals surface area contributed by atoms with Gasteiger partial charge < -0.3 is 28.7 Å². The van der Waals surface area contributed by atoms with Gasteiger partial charge in [0, 0.05) is 31.9 Å². The fraction of sp³-hybridized carbons (Fsp3) is 0.391. The first kappa shape index (κ1) is 22.3. The monoisotopic (exact) mass is 428 g/mol. The number of esters is 1. The van der Waals surface area contributed by atoms with E-state index in [1.807, 2.05) is 31.2 Å². The molecule has 8 heteroatoms. The summed E-state index contributed by atoms with van der Waals surface area (Å²) in [6, 6.07) is 12.6. The Morgan fingerprint density at radius 1 is 0.903 bits per heavy atom. The minimum Gasteiger partial charge on any atom is -0.497 e. The lowest BCUT2D eigenvalue weighted by Crippen LogP contribution is -2.49. The van der Waals surface area contributed by atoms with E-state index in [0.29, 0.717) is 49.8 Å². The first-order valence-corrected chi connectivity index (χ1v) is 10.2. The first-order valence-electron chi connectivity index (χ1n) is 10.2. The molecule has 3 rings (SSSR count). The highest BCUT2D eigenvalue weighted by atomic mass is 16.5. The summed E-state index contributed by atoms with van der Waals surface area (Å²) in [5.41, 5.74) is 1.39. The molecule has 0 saturated carbocycles. The van der Waals surface area contributed by atoms with Crippen LogP contribution in [-0.4, -0.2) is 70.4 Å². The van der Waals surface area contributed by atoms with Crippen LogP contribution in [0.4, 0.5) is 5.69 Å². The SMILES string of the molecule is CCOc1cc(C(=O)OCC(=O)N2CCN(c3ccc(OC)cc3)CC2)ccc1OC. The molecule has 0 radical (unpaired) electrons. The van der Waals surface area contributed by atoms with Gasteiger partial charge >= 0.3 is 5.97 Å². The molecule has 1 saturated heterocycles. The molecule has 0 atom stereocenters. The number of hydrogen-bond donors (Lipinski definition) is 0. The van der Waals surface area contributed by atoms with Crippen LogP contribution in [0.5, 0.6) is 17.2 Å². The molecule has 0 aromatic heterocycles. The Kier molecular flexibility index (Phi) is 7.59. The molecule has 1 fully saturated rings. The van der Waals surface area contributed by atoms with Crippen molar-refractivity contribution in [1.82, 2.24) is 4.90 Å². The number of amides is 1. The van der Waals surface area contributed by atoms with E-state index < -0.39 is 5.97 Å². The van der Waals surface area contributed by atoms with E-state index in [2.05, 4.69) is 4.90 Å². The number of piperazine rings is 1. The van der Waals surface area contributed by atoms with Crippen LogP contribution in [0.15, 0.2) is 42.5 Å². The average Bonchev–Trinajstić information content (AvgIpc) is 2.82. The number of carbonyl (C=O) groups is 2. The molecule has 1 aliphatic rings. The van der Waals surface area contributed by atoms with Crippen molar-refractivity contribution < 1.29 is 28.5 Å². The number of ether oxygens (including phenoxy) is 4. The van der Waals surface area contributed by atoms with Crippen molar-refractivity contribution in [2.45, 2.75) is 6.92 Å². The second-order valence-electron chi connectivity index (χ2n) is 6.94. The van der Waals surface area contributed by atoms with Crippen molar-refractivity contribution in [3.63, 3.8) is 0 Å². The largest absolute Gasteiger partial charge is 0.497 e. The van der Waals surface area contributed by atoms with Crippen molar-refractivity contribution in [2.75, 3.05) is 58.5 Å². The van der Waals surface area contributed by atoms with Crippen molar-refractivity contribution in [2.24, 2.45) is 0 Å². The Balaban J connectivity index is 1.50. The van der Waals surface area contributed by atoms with Crippen LogP contribution < -0.4 is 19.1 Å². The van der Waals surface area contributed by atoms with Crippen molar-refractivity contribution in [1.29, 1.82) is 0 Å². The number of rotatable bonds is 8. The van der Waals surface area contributed by atoms with E-state index in [1.165, 1.54) is 7.11 Å². The number of anilines is 1. The number of nitrogens with zero attached hydrogens (tertiary/aromatic N) is 2. The van der Waals surface area contributed by atoms with Crippen molar-refractivity contribution >= 4 is 17.6 Å². The molecule has 31 heavy (non-hydrogen) atoms. The van der Waals surface area contributed by atoms with Crippen LogP contribution in [0, 0.1) is 0 Å². The summed E-state index contributed by atoms with van der Waals surface area (Å²) in [5.74, 6) is 1.02. The molecule has 1 aliphatic heterocycles. The Hall–Kier alpha value is -3.42. The standard InChI is InChI=1S/C23H28N2O6/c1-4-30-21-15-17(5-10-20(21)29-3)23(27)31-16-22(26)25-13-11-24(12-14-25)18-6-8-19(28-2)9-7-18/h5-10,15H,4,11-14,16H2,1-3H3. The van der Waals surface area contributed by atoms with Gasteiger partial charge in [0.1, 0.15) is 5.75 Å². The van der Waals surface area contributed by atoms with Gasteiger partial charge in [-0.3, -0.25) is 4.79 Å². The topological polar surface area (TPSA) is 77.5 Å². The highest BCUT2D eigenvalue weighted by Gasteiger charge is 2.23. The summed E-state index contributed by atoms with van der Waals surface area (Å²) >= 11 is 0. The van der Waals surface area contributed by atoms with Gasteiger partial charge in [0.15, 0.2) is 18.1 Å². The van der Waals surface area contributed by atoms with E-state index in [-0.39, 0.29) is 12.5 Å². The molecular formula is C23H28N2O6. The molecule has 2 aromatic carbocycles. The lowest BCUT2D eigenvalue weighted by Gasteiger charge is -2.36. The van der Waals surface area contributed by atoms with Crippen LogP contribution in [0.1, 0.15) is 17.3 Å². The molecular weight excluding hydrogens is 400 g/mol. The van der Waals surface area contributed by atoms with Crippen LogP contribution in [0.25, 0.3) is 0 Å². The van der Waals surface area contributed by atoms with E-state index >= 15 is 0 Å². The third-order valence-electron chi connectivity index (χ3n) is 5.10. The lowest BCUT2D eigenvalue weighted by molar-refractivity contribution is -0.134. The summed E-state index contributed by atoms with van der Waals surface area (Å²) < 4.78 is 21.1. The summed E-state index contributed by atoms with van der Waals surface area (Å²) in [7, 11) is 3.17. The molecule has 2 aromatic rings. The quantitative estimate of drug-likeness (QED) is 0.598. The molecule has 0 bridgehead atoms. The zero-order valence-electron chi connectivity index (χ0n) is 18.1. The van der Waals surface area contributed by atoms with E-state index in [0.717, 1.165) is 11.4 Å². The summed E-state index contributed by atoms with van der Waals surface area (Å²) in [6.45, 7) is 4.55. The van der Waals surface area contributed by atoms with E-state index in [4.69, 9.17) is 18.9 Å². The highest BCUT2D eigenvalue weighted by molar-refractivity contribution is 5.92. The van der Waals surface area contributed by atoms with Crippen molar-refractivity contribution in [3.8, 4) is 17.2 Å². The predicted molar refractivity (Wildman–Crippen MR) is 116 cm³/mol. The van der Waals surface area contributed by atoms with Gasteiger partial charge in [0.25, 0.3) is 5.91 Å². The number of hydrogen-bond acceptors (Lipinski definition) is 7. The molecule has 0 spiro atoms. The van der Waals surface area contributed by atoms with Gasteiger partial charge in [0.2, 0.25) is 0 Å². The van der Waals surface area contributed by atoms with Gasteiger partial charge in [0.05, 0.1) is 26.4 Å². The Morgan fingerprint density at radius 3 is 2.23 bits per heavy atom. The summed E-state index contributed by atoms with van der Waals surface area (Å²) in [6.07, 6.45) is 0. The molecule has 1 amide bonds. The predicted octanol–water partition coefficient (Wildman–Crippen LogP) is 2.61. The summed E-state index contributed by atoms with van der Waals surface area (Å²) in [5, 5.41) is 0. The van der Waals surface area contributed by atoms with Crippen LogP contribution in [-0.2, 0) is 9.53 Å². The number of methoxy groups -OCH3 is 2. The van der Waals surface area contributed by atoms with Gasteiger partial charge in [-0.2, -0.15) is 0 Å². The molecule has 8 nitrogen and oxygen atoms in total. The molecule has 0 aliphatic carbocycles. The highest BCUT2D eigenvalue weighted by Crippen LogP contribution is 2.28. The number of benzene rings is 2. The maximum atomic E-state index is 12.5. The first-order chi connectivity index (χ1) is 15.0. The second-order valence-corrected chi connectivity index (χ2v) is 6.94. The summed E-state index contributed by atoms with van der Waals surface area (Å²) in [4.78, 5) is 28.8. The smallest absolute Gasteiger partial charge is 0.338 e.